The smallest absolute Gasteiger partial charge is 0.128 e. The van der Waals surface area contributed by atoms with Crippen LogP contribution in [-0.4, -0.2) is 49.3 Å². The molecule has 0 spiro atoms. The molecule has 4 N–H and O–H groups in total. The van der Waals surface area contributed by atoms with Crippen LogP contribution in [0.4, 0.5) is 4.39 Å². The van der Waals surface area contributed by atoms with Gasteiger partial charge in [0.2, 0.25) is 0 Å². The second-order valence-corrected chi connectivity index (χ2v) is 4.21. The van der Waals surface area contributed by atoms with Crippen molar-refractivity contribution in [1.29, 1.82) is 5.41 Å². The summed E-state index contributed by atoms with van der Waals surface area (Å²) in [5, 5.41) is 16.2. The largest absolute Gasteiger partial charge is 0.395 e. The van der Waals surface area contributed by atoms with E-state index in [1.807, 2.05) is 4.90 Å². The molecule has 0 unspecified atom stereocenters. The van der Waals surface area contributed by atoms with Crippen LogP contribution in [0.25, 0.3) is 0 Å². The summed E-state index contributed by atoms with van der Waals surface area (Å²) < 4.78 is 18.8. The van der Waals surface area contributed by atoms with E-state index in [1.165, 1.54) is 6.07 Å². The number of halogens is 1. The Hall–Kier alpha value is -1.50. The van der Waals surface area contributed by atoms with Crippen LogP contribution in [0.5, 0.6) is 0 Å². The van der Waals surface area contributed by atoms with Gasteiger partial charge in [-0.3, -0.25) is 10.3 Å². The summed E-state index contributed by atoms with van der Waals surface area (Å²) in [7, 11) is 1.60. The number of hydrogen-bond donors (Lipinski definition) is 3. The lowest BCUT2D eigenvalue weighted by molar-refractivity contribution is 0.126. The summed E-state index contributed by atoms with van der Waals surface area (Å²) in [6, 6.07) is 4.49. The fourth-order valence-corrected chi connectivity index (χ4v) is 1.72. The predicted octanol–water partition coefficient (Wildman–Crippen LogP) is 0.550. The van der Waals surface area contributed by atoms with E-state index in [0.717, 1.165) is 0 Å². The fraction of sp³-hybridized carbons (Fsp3) is 0.462. The minimum absolute atomic E-state index is 0.0108. The van der Waals surface area contributed by atoms with Crippen molar-refractivity contribution in [2.45, 2.75) is 6.54 Å². The molecule has 0 aliphatic rings. The van der Waals surface area contributed by atoms with E-state index in [-0.39, 0.29) is 12.4 Å². The first kappa shape index (κ1) is 15.6. The van der Waals surface area contributed by atoms with Gasteiger partial charge in [-0.2, -0.15) is 0 Å². The van der Waals surface area contributed by atoms with Crippen LogP contribution in [0, 0.1) is 11.2 Å². The molecule has 0 heterocycles. The molecule has 0 saturated heterocycles. The van der Waals surface area contributed by atoms with Gasteiger partial charge in [-0.25, -0.2) is 4.39 Å². The lowest BCUT2D eigenvalue weighted by atomic mass is 10.1. The fourth-order valence-electron chi connectivity index (χ4n) is 1.72. The van der Waals surface area contributed by atoms with Gasteiger partial charge in [-0.05, 0) is 6.07 Å². The summed E-state index contributed by atoms with van der Waals surface area (Å²) in [6.07, 6.45) is 0. The second-order valence-electron chi connectivity index (χ2n) is 4.21. The highest BCUT2D eigenvalue weighted by Gasteiger charge is 2.10. The Kier molecular flexibility index (Phi) is 6.41. The van der Waals surface area contributed by atoms with E-state index in [0.29, 0.717) is 37.4 Å². The maximum Gasteiger partial charge on any atom is 0.128 e. The highest BCUT2D eigenvalue weighted by Crippen LogP contribution is 2.12. The number of amidine groups is 1. The Morgan fingerprint density at radius 3 is 2.74 bits per heavy atom. The number of nitrogen functional groups attached to an aromatic ring is 1. The Balaban J connectivity index is 2.75. The van der Waals surface area contributed by atoms with Crippen LogP contribution in [0.1, 0.15) is 11.1 Å². The molecule has 0 aliphatic heterocycles. The number of hydrogen-bond acceptors (Lipinski definition) is 4. The quantitative estimate of drug-likeness (QED) is 0.475. The van der Waals surface area contributed by atoms with Gasteiger partial charge < -0.3 is 15.6 Å². The van der Waals surface area contributed by atoms with E-state index in [2.05, 4.69) is 0 Å². The van der Waals surface area contributed by atoms with Crippen molar-refractivity contribution < 1.29 is 14.2 Å². The molecule has 0 aliphatic carbocycles. The zero-order valence-electron chi connectivity index (χ0n) is 11.0. The van der Waals surface area contributed by atoms with Gasteiger partial charge in [0.25, 0.3) is 0 Å². The minimum Gasteiger partial charge on any atom is -0.395 e. The summed E-state index contributed by atoms with van der Waals surface area (Å²) in [4.78, 5) is 1.90. The molecule has 6 heteroatoms. The third-order valence-corrected chi connectivity index (χ3v) is 2.79. The van der Waals surface area contributed by atoms with E-state index >= 15 is 0 Å². The topological polar surface area (TPSA) is 82.6 Å². The lowest BCUT2D eigenvalue weighted by Gasteiger charge is -2.21. The van der Waals surface area contributed by atoms with Crippen molar-refractivity contribution in [3.8, 4) is 0 Å². The van der Waals surface area contributed by atoms with Crippen LogP contribution in [0.3, 0.4) is 0 Å². The number of methoxy groups -OCH3 is 1. The summed E-state index contributed by atoms with van der Waals surface area (Å²) in [6.45, 7) is 1.99. The third-order valence-electron chi connectivity index (χ3n) is 2.79. The molecule has 1 aromatic carbocycles. The first-order valence-electron chi connectivity index (χ1n) is 6.03. The molecule has 0 saturated carbocycles. The van der Waals surface area contributed by atoms with Crippen LogP contribution >= 0.6 is 0 Å². The molecule has 0 amide bonds. The molecule has 0 atom stereocenters. The molecule has 0 radical (unpaired) electrons. The van der Waals surface area contributed by atoms with Crippen LogP contribution in [0.15, 0.2) is 18.2 Å². The molecule has 0 aromatic heterocycles. The number of aliphatic hydroxyl groups excluding tert-OH is 1. The lowest BCUT2D eigenvalue weighted by Crippen LogP contribution is -2.30. The molecular formula is C13H20FN3O2. The standard InChI is InChI=1S/C13H20FN3O2/c1-19-7-5-17(4-6-18)9-11-3-2-10(13(15)16)8-12(11)14/h2-3,8,18H,4-7,9H2,1H3,(H3,15,16). The van der Waals surface area contributed by atoms with E-state index in [9.17, 15) is 4.39 Å². The molecule has 1 aromatic rings. The normalized spacial score (nSPS) is 10.9. The highest BCUT2D eigenvalue weighted by molar-refractivity contribution is 5.94. The molecule has 0 bridgehead atoms. The van der Waals surface area contributed by atoms with Gasteiger partial charge in [0, 0.05) is 37.9 Å². The van der Waals surface area contributed by atoms with E-state index < -0.39 is 5.82 Å². The maximum atomic E-state index is 13.9. The zero-order chi connectivity index (χ0) is 14.3. The van der Waals surface area contributed by atoms with Gasteiger partial charge in [-0.15, -0.1) is 0 Å². The highest BCUT2D eigenvalue weighted by atomic mass is 19.1. The van der Waals surface area contributed by atoms with Crippen molar-refractivity contribution >= 4 is 5.84 Å². The Morgan fingerprint density at radius 1 is 1.47 bits per heavy atom. The van der Waals surface area contributed by atoms with E-state index in [1.54, 1.807) is 19.2 Å². The zero-order valence-corrected chi connectivity index (χ0v) is 11.0. The average Bonchev–Trinajstić information content (AvgIpc) is 2.38. The number of ether oxygens (including phenoxy) is 1. The average molecular weight is 269 g/mol. The summed E-state index contributed by atoms with van der Waals surface area (Å²) in [5.74, 6) is -0.551. The number of aliphatic hydroxyl groups is 1. The first-order chi connectivity index (χ1) is 9.08. The van der Waals surface area contributed by atoms with Gasteiger partial charge in [0.15, 0.2) is 0 Å². The number of benzene rings is 1. The Labute approximate surface area is 112 Å². The minimum atomic E-state index is -0.395. The van der Waals surface area contributed by atoms with Crippen molar-refractivity contribution in [1.82, 2.24) is 4.90 Å². The van der Waals surface area contributed by atoms with Gasteiger partial charge >= 0.3 is 0 Å². The molecule has 106 valence electrons. The summed E-state index contributed by atoms with van der Waals surface area (Å²) >= 11 is 0. The second kappa shape index (κ2) is 7.83. The molecule has 5 nitrogen and oxygen atoms in total. The number of nitrogens with one attached hydrogen (secondary N) is 1. The SMILES string of the molecule is COCCN(CCO)Cc1ccc(C(=N)N)cc1F. The molecule has 1 rings (SSSR count). The van der Waals surface area contributed by atoms with Gasteiger partial charge in [-0.1, -0.05) is 12.1 Å². The van der Waals surface area contributed by atoms with Crippen molar-refractivity contribution in [2.24, 2.45) is 5.73 Å². The first-order valence-corrected chi connectivity index (χ1v) is 6.03. The van der Waals surface area contributed by atoms with Gasteiger partial charge in [0.1, 0.15) is 11.7 Å². The third kappa shape index (κ3) is 4.94. The van der Waals surface area contributed by atoms with Crippen LogP contribution in [0.2, 0.25) is 0 Å². The predicted molar refractivity (Wildman–Crippen MR) is 71.7 cm³/mol. The molecule has 0 fully saturated rings. The maximum absolute atomic E-state index is 13.9. The number of nitrogens with zero attached hydrogens (tertiary/aromatic N) is 1. The molecular weight excluding hydrogens is 249 g/mol. The molecule has 19 heavy (non-hydrogen) atoms. The van der Waals surface area contributed by atoms with Crippen LogP contribution < -0.4 is 5.73 Å². The number of nitrogens with two attached hydrogens (primary N) is 1. The Bertz CT molecular complexity index is 426. The van der Waals surface area contributed by atoms with E-state index in [4.69, 9.17) is 21.0 Å². The van der Waals surface area contributed by atoms with Crippen molar-refractivity contribution in [3.63, 3.8) is 0 Å². The van der Waals surface area contributed by atoms with Crippen molar-refractivity contribution in [3.05, 3.63) is 35.1 Å². The number of rotatable bonds is 8. The van der Waals surface area contributed by atoms with Gasteiger partial charge in [0.05, 0.1) is 13.2 Å². The van der Waals surface area contributed by atoms with Crippen LogP contribution in [-0.2, 0) is 11.3 Å². The Morgan fingerprint density at radius 2 is 2.21 bits per heavy atom. The van der Waals surface area contributed by atoms with Crippen molar-refractivity contribution in [2.75, 3.05) is 33.4 Å². The summed E-state index contributed by atoms with van der Waals surface area (Å²) in [5.41, 5.74) is 6.18. The monoisotopic (exact) mass is 269 g/mol.